The molecule has 15 atom stereocenters. The zero-order valence-electron chi connectivity index (χ0n) is 56.4. The molecule has 8 saturated carbocycles. The molecule has 0 saturated heterocycles. The van der Waals surface area contributed by atoms with Crippen molar-refractivity contribution in [2.75, 3.05) is 6.67 Å². The molecule has 0 aliphatic heterocycles. The van der Waals surface area contributed by atoms with Crippen molar-refractivity contribution in [3.05, 3.63) is 0 Å². The van der Waals surface area contributed by atoms with Crippen molar-refractivity contribution in [3.8, 4) is 0 Å². The molecule has 11 heteroatoms. The highest BCUT2D eigenvalue weighted by Gasteiger charge is 2.59. The minimum Gasteiger partial charge on any atom is -0.251 e. The molecule has 0 nitrogen and oxygen atoms in total. The van der Waals surface area contributed by atoms with Gasteiger partial charge in [0.15, 0.2) is 0 Å². The third kappa shape index (κ3) is 23.7. The van der Waals surface area contributed by atoms with Crippen molar-refractivity contribution < 1.29 is 48.3 Å². The molecule has 0 aromatic carbocycles. The van der Waals surface area contributed by atoms with Gasteiger partial charge in [-0.2, -0.15) is 26.3 Å². The van der Waals surface area contributed by atoms with Gasteiger partial charge >= 0.3 is 12.4 Å². The maximum Gasteiger partial charge on any atom is 0.391 e. The standard InChI is InChI=1S/C14H25F.C12H21F3.C11H19F3.C11H20F2.2C11H21F/c1-13(2,3)11-6-9-7-12(10(11)8-15)14(9,4)5;1-8-7-9(12(13,14)15)5-6-10(8)11(2,3)4;1-10(2,3)8-4-6-9(7-5-8)11(12,13)14;1-8-7-11(12,13)6-5-9(8)10(2,3)4;1-8-7-9(12)5-6-10(8)11(2,3)4;1-8-5-6-9(10(12)7-8)11(2,3)4/h9-12H,6-8H2,1-5H3;8-10H,5-7H2,1-4H3;8-9H,4-7H2,1-3H3;8-9H,5-7H2,1-4H3;2*8-10H,5-7H2,1-4H3/t9-,10+,11?,12-;;;;;/m0...../s1. The first-order chi connectivity index (χ1) is 36.2. The summed E-state index contributed by atoms with van der Waals surface area (Å²) in [5.41, 5.74) is 1.68. The predicted molar refractivity (Wildman–Crippen MR) is 321 cm³/mol. The van der Waals surface area contributed by atoms with E-state index in [0.29, 0.717) is 96.2 Å². The van der Waals surface area contributed by atoms with Gasteiger partial charge < -0.3 is 0 Å². The number of hydrogen-bond donors (Lipinski definition) is 0. The lowest BCUT2D eigenvalue weighted by Gasteiger charge is -2.64. The molecule has 12 unspecified atom stereocenters. The van der Waals surface area contributed by atoms with Crippen molar-refractivity contribution in [1.29, 1.82) is 0 Å². The van der Waals surface area contributed by atoms with Crippen molar-refractivity contribution in [3.63, 3.8) is 0 Å². The van der Waals surface area contributed by atoms with Gasteiger partial charge in [-0.1, -0.05) is 173 Å². The number of alkyl halides is 11. The van der Waals surface area contributed by atoms with Crippen LogP contribution in [0.25, 0.3) is 0 Å². The zero-order chi connectivity index (χ0) is 63.2. The Morgan fingerprint density at radius 2 is 0.790 bits per heavy atom. The van der Waals surface area contributed by atoms with E-state index in [4.69, 9.17) is 0 Å². The van der Waals surface area contributed by atoms with E-state index in [1.54, 1.807) is 0 Å². The van der Waals surface area contributed by atoms with Gasteiger partial charge in [0.25, 0.3) is 0 Å². The molecule has 2 bridgehead atoms. The summed E-state index contributed by atoms with van der Waals surface area (Å²) in [6, 6.07) is 0. The molecule has 8 rings (SSSR count). The van der Waals surface area contributed by atoms with E-state index in [1.165, 1.54) is 19.3 Å². The Bertz CT molecular complexity index is 1720. The normalized spacial score (nSPS) is 36.6. The Morgan fingerprint density at radius 3 is 1.15 bits per heavy atom. The second kappa shape index (κ2) is 29.0. The molecule has 484 valence electrons. The second-order valence-electron chi connectivity index (χ2n) is 35.2. The molecule has 0 amide bonds. The minimum absolute atomic E-state index is 0.0783. The Kier molecular flexibility index (Phi) is 27.4. The fraction of sp³-hybridized carbons (Fsp3) is 1.00. The number of rotatable bonds is 1. The van der Waals surface area contributed by atoms with Crippen LogP contribution < -0.4 is 0 Å². The third-order valence-corrected chi connectivity index (χ3v) is 22.2. The molecular formula is C70H127F11. The highest BCUT2D eigenvalue weighted by molar-refractivity contribution is 5.08. The monoisotopic (exact) mass is 1180 g/mol. The molecule has 81 heavy (non-hydrogen) atoms. The topological polar surface area (TPSA) is 0 Å². The van der Waals surface area contributed by atoms with Gasteiger partial charge in [-0.3, -0.25) is 4.39 Å². The van der Waals surface area contributed by atoms with Crippen LogP contribution in [0.5, 0.6) is 0 Å². The third-order valence-electron chi connectivity index (χ3n) is 22.2. The lowest BCUT2D eigenvalue weighted by Crippen LogP contribution is -2.58. The van der Waals surface area contributed by atoms with Gasteiger partial charge in [0.1, 0.15) is 12.3 Å². The molecule has 0 N–H and O–H groups in total. The molecule has 8 aliphatic carbocycles. The van der Waals surface area contributed by atoms with Crippen LogP contribution in [-0.4, -0.2) is 37.3 Å². The van der Waals surface area contributed by atoms with Gasteiger partial charge in [0.2, 0.25) is 5.92 Å². The molecule has 8 aliphatic rings. The summed E-state index contributed by atoms with van der Waals surface area (Å²) in [4.78, 5) is 0. The van der Waals surface area contributed by atoms with Crippen molar-refractivity contribution >= 4 is 0 Å². The summed E-state index contributed by atoms with van der Waals surface area (Å²) in [6.45, 7) is 52.1. The lowest BCUT2D eigenvalue weighted by molar-refractivity contribution is -0.191. The van der Waals surface area contributed by atoms with E-state index in [2.05, 4.69) is 152 Å². The van der Waals surface area contributed by atoms with Gasteiger partial charge in [-0.05, 0) is 211 Å². The van der Waals surface area contributed by atoms with Crippen LogP contribution in [-0.2, 0) is 0 Å². The predicted octanol–water partition coefficient (Wildman–Crippen LogP) is 25.1. The first-order valence-corrected chi connectivity index (χ1v) is 32.5. The lowest BCUT2D eigenvalue weighted by atomic mass is 9.41. The smallest absolute Gasteiger partial charge is 0.251 e. The molecule has 0 spiro atoms. The Balaban J connectivity index is 0.000000333. The molecule has 0 radical (unpaired) electrons. The summed E-state index contributed by atoms with van der Waals surface area (Å²) in [5, 5.41) is 0. The van der Waals surface area contributed by atoms with Crippen LogP contribution in [0.2, 0.25) is 0 Å². The summed E-state index contributed by atoms with van der Waals surface area (Å²) >= 11 is 0. The quantitative estimate of drug-likeness (QED) is 0.230. The fourth-order valence-electron chi connectivity index (χ4n) is 17.0. The average molecular weight is 1180 g/mol. The largest absolute Gasteiger partial charge is 0.391 e. The van der Waals surface area contributed by atoms with Crippen LogP contribution in [0.3, 0.4) is 0 Å². The zero-order valence-corrected chi connectivity index (χ0v) is 56.4. The summed E-state index contributed by atoms with van der Waals surface area (Å²) in [5.74, 6) is 1.75. The average Bonchev–Trinajstić information content (AvgIpc) is 3.26. The van der Waals surface area contributed by atoms with Crippen LogP contribution in [0.15, 0.2) is 0 Å². The molecule has 0 heterocycles. The van der Waals surface area contributed by atoms with E-state index in [0.717, 1.165) is 57.3 Å². The van der Waals surface area contributed by atoms with Gasteiger partial charge in [0, 0.05) is 12.8 Å². The fourth-order valence-corrected chi connectivity index (χ4v) is 17.0. The first-order valence-electron chi connectivity index (χ1n) is 32.5. The van der Waals surface area contributed by atoms with Gasteiger partial charge in [0.05, 0.1) is 18.5 Å². The van der Waals surface area contributed by atoms with Gasteiger partial charge in [-0.25, -0.2) is 17.6 Å². The van der Waals surface area contributed by atoms with E-state index in [9.17, 15) is 48.3 Å². The van der Waals surface area contributed by atoms with Crippen molar-refractivity contribution in [2.24, 2.45) is 127 Å². The van der Waals surface area contributed by atoms with Crippen molar-refractivity contribution in [1.82, 2.24) is 0 Å². The summed E-state index contributed by atoms with van der Waals surface area (Å²) < 4.78 is 141. The minimum atomic E-state index is -3.99. The summed E-state index contributed by atoms with van der Waals surface area (Å²) in [6.07, 6.45) is 3.49. The SMILES string of the molecule is CC(C)(C)C1CCC(C(F)(F)F)CC1.CC(C)(C)C1C[C@H]2C[C@@H]([C@@H]1CF)C2(C)C.CC1CC(C(F)(F)F)CCC1C(C)(C)C.CC1CC(F)(F)CCC1C(C)(C)C.CC1CC(F)CCC1C(C)(C)C.CC1CCC(C(C)(C)C)C(F)C1. The molecular weight excluding hydrogens is 1050 g/mol. The van der Waals surface area contributed by atoms with E-state index in [1.807, 2.05) is 13.8 Å². The maximum atomic E-state index is 13.6. The van der Waals surface area contributed by atoms with E-state index < -0.39 is 42.5 Å². The number of hydrogen-bond acceptors (Lipinski definition) is 0. The highest BCUT2D eigenvalue weighted by atomic mass is 19.4. The molecule has 0 aromatic rings. The Labute approximate surface area is 492 Å². The van der Waals surface area contributed by atoms with Crippen LogP contribution >= 0.6 is 0 Å². The first kappa shape index (κ1) is 76.3. The Hall–Kier alpha value is -0.770. The molecule has 8 fully saturated rings. The maximum absolute atomic E-state index is 13.6. The second-order valence-corrected chi connectivity index (χ2v) is 35.2. The van der Waals surface area contributed by atoms with Crippen molar-refractivity contribution in [2.45, 2.75) is 312 Å². The Morgan fingerprint density at radius 1 is 0.395 bits per heavy atom. The van der Waals surface area contributed by atoms with E-state index >= 15 is 0 Å². The van der Waals surface area contributed by atoms with Gasteiger partial charge in [-0.15, -0.1) is 0 Å². The molecule has 0 aromatic heterocycles. The number of halogens is 11. The highest BCUT2D eigenvalue weighted by Crippen LogP contribution is 2.65. The van der Waals surface area contributed by atoms with Crippen LogP contribution in [0.1, 0.15) is 282 Å². The van der Waals surface area contributed by atoms with Crippen LogP contribution in [0.4, 0.5) is 48.3 Å². The number of fused-ring (bicyclic) bond motifs is 2. The van der Waals surface area contributed by atoms with Crippen LogP contribution in [0, 0.1) is 127 Å². The van der Waals surface area contributed by atoms with E-state index in [-0.39, 0.29) is 64.3 Å². The summed E-state index contributed by atoms with van der Waals surface area (Å²) in [7, 11) is 0.